The number of hydrogen-bond acceptors (Lipinski definition) is 2. The van der Waals surface area contributed by atoms with Crippen molar-refractivity contribution in [1.29, 1.82) is 0 Å². The molecule has 22 heavy (non-hydrogen) atoms. The van der Waals surface area contributed by atoms with Gasteiger partial charge < -0.3 is 0 Å². The molecule has 1 aliphatic rings. The van der Waals surface area contributed by atoms with Crippen LogP contribution in [-0.4, -0.2) is 25.8 Å². The maximum Gasteiger partial charge on any atom is 0.416 e. The van der Waals surface area contributed by atoms with Gasteiger partial charge in [-0.1, -0.05) is 26.3 Å². The minimum absolute atomic E-state index is 0.138. The van der Waals surface area contributed by atoms with Crippen LogP contribution in [0.5, 0.6) is 0 Å². The van der Waals surface area contributed by atoms with E-state index in [0.29, 0.717) is 13.1 Å². The molecule has 1 heterocycles. The van der Waals surface area contributed by atoms with Gasteiger partial charge in [-0.05, 0) is 36.5 Å². The average molecular weight is 335 g/mol. The van der Waals surface area contributed by atoms with Crippen molar-refractivity contribution in [2.75, 3.05) is 13.1 Å². The van der Waals surface area contributed by atoms with Gasteiger partial charge in [0.2, 0.25) is 10.0 Å². The Kier molecular flexibility index (Phi) is 4.87. The monoisotopic (exact) mass is 335 g/mol. The maximum atomic E-state index is 13.2. The molecule has 2 rings (SSSR count). The van der Waals surface area contributed by atoms with Crippen molar-refractivity contribution < 1.29 is 21.6 Å². The molecule has 1 aromatic rings. The molecular weight excluding hydrogens is 315 g/mol. The third kappa shape index (κ3) is 3.30. The summed E-state index contributed by atoms with van der Waals surface area (Å²) in [5.74, 6) is -0.535. The second-order valence-electron chi connectivity index (χ2n) is 5.83. The first-order valence-electron chi connectivity index (χ1n) is 7.36. The van der Waals surface area contributed by atoms with Crippen molar-refractivity contribution in [2.45, 2.75) is 50.1 Å². The summed E-state index contributed by atoms with van der Waals surface area (Å²) in [5.41, 5.74) is -0.999. The summed E-state index contributed by atoms with van der Waals surface area (Å²) in [4.78, 5) is -0.209. The topological polar surface area (TPSA) is 37.4 Å². The minimum atomic E-state index is -4.56. The minimum Gasteiger partial charge on any atom is -0.207 e. The molecule has 7 heteroatoms. The van der Waals surface area contributed by atoms with Crippen molar-refractivity contribution in [3.05, 3.63) is 29.3 Å². The fourth-order valence-corrected chi connectivity index (χ4v) is 4.75. The molecule has 1 fully saturated rings. The highest BCUT2D eigenvalue weighted by atomic mass is 32.2. The van der Waals surface area contributed by atoms with Crippen LogP contribution in [0.3, 0.4) is 0 Å². The van der Waals surface area contributed by atoms with Gasteiger partial charge in [-0.3, -0.25) is 0 Å². The zero-order valence-corrected chi connectivity index (χ0v) is 13.5. The summed E-state index contributed by atoms with van der Waals surface area (Å²) in [6.45, 7) is 3.91. The largest absolute Gasteiger partial charge is 0.416 e. The van der Waals surface area contributed by atoms with Crippen LogP contribution < -0.4 is 0 Å². The Morgan fingerprint density at radius 2 is 1.68 bits per heavy atom. The van der Waals surface area contributed by atoms with Crippen LogP contribution in [0.4, 0.5) is 13.2 Å². The zero-order chi connectivity index (χ0) is 16.5. The van der Waals surface area contributed by atoms with E-state index >= 15 is 0 Å². The molecule has 3 nitrogen and oxygen atoms in total. The first-order valence-corrected chi connectivity index (χ1v) is 8.80. The van der Waals surface area contributed by atoms with Gasteiger partial charge in [0.05, 0.1) is 10.5 Å². The van der Waals surface area contributed by atoms with Gasteiger partial charge in [-0.15, -0.1) is 0 Å². The fourth-order valence-electron chi connectivity index (χ4n) is 2.86. The predicted octanol–water partition coefficient (Wildman–Crippen LogP) is 4.00. The second kappa shape index (κ2) is 6.20. The van der Waals surface area contributed by atoms with E-state index in [1.54, 1.807) is 13.8 Å². The second-order valence-corrected chi connectivity index (χ2v) is 7.74. The third-order valence-corrected chi connectivity index (χ3v) is 5.84. The number of halogens is 3. The van der Waals surface area contributed by atoms with Gasteiger partial charge in [0.25, 0.3) is 0 Å². The van der Waals surface area contributed by atoms with Gasteiger partial charge in [-0.2, -0.15) is 17.5 Å². The molecule has 1 saturated heterocycles. The van der Waals surface area contributed by atoms with E-state index in [1.807, 2.05) is 0 Å². The molecule has 0 saturated carbocycles. The highest BCUT2D eigenvalue weighted by Crippen LogP contribution is 2.39. The molecule has 0 aliphatic carbocycles. The number of hydrogen-bond donors (Lipinski definition) is 0. The van der Waals surface area contributed by atoms with Crippen LogP contribution in [0.2, 0.25) is 0 Å². The lowest BCUT2D eigenvalue weighted by Crippen LogP contribution is -2.36. The Hall–Kier alpha value is -1.08. The van der Waals surface area contributed by atoms with E-state index in [4.69, 9.17) is 0 Å². The van der Waals surface area contributed by atoms with E-state index in [9.17, 15) is 21.6 Å². The van der Waals surface area contributed by atoms with Crippen LogP contribution in [0.25, 0.3) is 0 Å². The lowest BCUT2D eigenvalue weighted by atomic mass is 9.97. The SMILES string of the molecule is CC(C)c1c(C(F)(F)F)cccc1S(=O)(=O)N1CCCCC1. The van der Waals surface area contributed by atoms with Crippen LogP contribution in [0.1, 0.15) is 50.2 Å². The number of alkyl halides is 3. The number of sulfonamides is 1. The number of nitrogens with zero attached hydrogens (tertiary/aromatic N) is 1. The van der Waals surface area contributed by atoms with Crippen molar-refractivity contribution in [3.8, 4) is 0 Å². The smallest absolute Gasteiger partial charge is 0.207 e. The van der Waals surface area contributed by atoms with Crippen LogP contribution in [0, 0.1) is 0 Å². The molecule has 0 radical (unpaired) electrons. The van der Waals surface area contributed by atoms with Crippen LogP contribution >= 0.6 is 0 Å². The lowest BCUT2D eigenvalue weighted by molar-refractivity contribution is -0.138. The number of piperidine rings is 1. The molecule has 124 valence electrons. The van der Waals surface area contributed by atoms with Crippen LogP contribution in [0.15, 0.2) is 23.1 Å². The number of rotatable bonds is 3. The lowest BCUT2D eigenvalue weighted by Gasteiger charge is -2.28. The Bertz CT molecular complexity index is 633. The number of benzene rings is 1. The molecular formula is C15H20F3NO2S. The zero-order valence-electron chi connectivity index (χ0n) is 12.7. The van der Waals surface area contributed by atoms with Crippen LogP contribution in [-0.2, 0) is 16.2 Å². The van der Waals surface area contributed by atoms with Crippen molar-refractivity contribution in [2.24, 2.45) is 0 Å². The first kappa shape index (κ1) is 17.3. The quantitative estimate of drug-likeness (QED) is 0.837. The van der Waals surface area contributed by atoms with E-state index in [1.165, 1.54) is 16.4 Å². The van der Waals surface area contributed by atoms with Gasteiger partial charge in [0.1, 0.15) is 0 Å². The molecule has 0 aromatic heterocycles. The molecule has 1 aromatic carbocycles. The summed E-state index contributed by atoms with van der Waals surface area (Å²) in [6.07, 6.45) is -2.12. The molecule has 0 spiro atoms. The van der Waals surface area contributed by atoms with Crippen molar-refractivity contribution >= 4 is 10.0 Å². The Balaban J connectivity index is 2.59. The van der Waals surface area contributed by atoms with Crippen molar-refractivity contribution in [1.82, 2.24) is 4.31 Å². The van der Waals surface area contributed by atoms with Gasteiger partial charge in [0, 0.05) is 13.1 Å². The fraction of sp³-hybridized carbons (Fsp3) is 0.600. The van der Waals surface area contributed by atoms with E-state index in [2.05, 4.69) is 0 Å². The van der Waals surface area contributed by atoms with Gasteiger partial charge in [0.15, 0.2) is 0 Å². The van der Waals surface area contributed by atoms with Crippen molar-refractivity contribution in [3.63, 3.8) is 0 Å². The molecule has 0 amide bonds. The molecule has 0 bridgehead atoms. The predicted molar refractivity (Wildman–Crippen MR) is 78.1 cm³/mol. The summed E-state index contributed by atoms with van der Waals surface area (Å²) in [7, 11) is -3.89. The average Bonchev–Trinajstić information content (AvgIpc) is 2.46. The van der Waals surface area contributed by atoms with E-state index < -0.39 is 27.7 Å². The van der Waals surface area contributed by atoms with E-state index in [0.717, 1.165) is 25.3 Å². The normalized spacial score (nSPS) is 17.9. The standard InChI is InChI=1S/C15H20F3NO2S/c1-11(2)14-12(15(16,17)18)7-6-8-13(14)22(20,21)19-9-4-3-5-10-19/h6-8,11H,3-5,9-10H2,1-2H3. The Morgan fingerprint density at radius 3 is 2.18 bits per heavy atom. The third-order valence-electron chi connectivity index (χ3n) is 3.88. The van der Waals surface area contributed by atoms with E-state index in [-0.39, 0.29) is 10.5 Å². The molecule has 0 unspecified atom stereocenters. The summed E-state index contributed by atoms with van der Waals surface area (Å²) < 4.78 is 66.4. The highest BCUT2D eigenvalue weighted by molar-refractivity contribution is 7.89. The van der Waals surface area contributed by atoms with Gasteiger partial charge in [-0.25, -0.2) is 8.42 Å². The Labute approximate surface area is 129 Å². The summed E-state index contributed by atoms with van der Waals surface area (Å²) in [5, 5.41) is 0. The highest BCUT2D eigenvalue weighted by Gasteiger charge is 2.38. The maximum absolute atomic E-state index is 13.2. The molecule has 0 atom stereocenters. The summed E-state index contributed by atoms with van der Waals surface area (Å²) >= 11 is 0. The molecule has 0 N–H and O–H groups in total. The molecule has 1 aliphatic heterocycles. The van der Waals surface area contributed by atoms with Gasteiger partial charge >= 0.3 is 6.18 Å². The summed E-state index contributed by atoms with van der Waals surface area (Å²) in [6, 6.07) is 3.41. The first-order chi connectivity index (χ1) is 10.2. The Morgan fingerprint density at radius 1 is 1.09 bits per heavy atom.